The molecule has 1 aromatic heterocycles. The number of nitrogens with zero attached hydrogens (tertiary/aromatic N) is 1. The average molecular weight is 296 g/mol. The molecule has 0 saturated heterocycles. The lowest BCUT2D eigenvalue weighted by Gasteiger charge is -2.10. The van der Waals surface area contributed by atoms with Crippen LogP contribution in [0.3, 0.4) is 0 Å². The Morgan fingerprint density at radius 1 is 1.56 bits per heavy atom. The van der Waals surface area contributed by atoms with Gasteiger partial charge >= 0.3 is 5.97 Å². The van der Waals surface area contributed by atoms with Crippen molar-refractivity contribution in [3.63, 3.8) is 0 Å². The van der Waals surface area contributed by atoms with Crippen molar-refractivity contribution < 1.29 is 23.8 Å². The molecule has 0 aromatic carbocycles. The van der Waals surface area contributed by atoms with Crippen LogP contribution in [-0.2, 0) is 16.5 Å². The first-order chi connectivity index (χ1) is 7.47. The van der Waals surface area contributed by atoms with Gasteiger partial charge in [-0.15, -0.1) is 0 Å². The summed E-state index contributed by atoms with van der Waals surface area (Å²) in [6, 6.07) is 0. The van der Waals surface area contributed by atoms with E-state index in [4.69, 9.17) is 5.11 Å². The maximum Gasteiger partial charge on any atom is 0.309 e. The number of carbonyl (C=O) groups is 1. The van der Waals surface area contributed by atoms with Gasteiger partial charge in [0, 0.05) is 22.7 Å². The fourth-order valence-corrected chi connectivity index (χ4v) is 1.79. The third-order valence-corrected chi connectivity index (χ3v) is 2.52. The molecule has 0 aliphatic heterocycles. The molecule has 16 heavy (non-hydrogen) atoms. The zero-order valence-electron chi connectivity index (χ0n) is 7.95. The van der Waals surface area contributed by atoms with Crippen molar-refractivity contribution in [2.45, 2.75) is 18.2 Å². The van der Waals surface area contributed by atoms with Gasteiger partial charge in [0.1, 0.15) is 5.75 Å². The molecule has 4 nitrogen and oxygen atoms in total. The highest BCUT2D eigenvalue weighted by Crippen LogP contribution is 2.32. The maximum atomic E-state index is 12.5. The van der Waals surface area contributed by atoms with Crippen molar-refractivity contribution in [2.24, 2.45) is 0 Å². The van der Waals surface area contributed by atoms with Crippen LogP contribution in [0.4, 0.5) is 8.78 Å². The first kappa shape index (κ1) is 12.8. The molecule has 2 N–H and O–H groups in total. The normalized spacial score (nSPS) is 10.8. The van der Waals surface area contributed by atoms with Crippen molar-refractivity contribution in [1.29, 1.82) is 0 Å². The van der Waals surface area contributed by atoms with Crippen LogP contribution in [0.25, 0.3) is 0 Å². The first-order valence-electron chi connectivity index (χ1n) is 4.22. The van der Waals surface area contributed by atoms with Gasteiger partial charge in [-0.3, -0.25) is 9.78 Å². The van der Waals surface area contributed by atoms with Crippen LogP contribution in [0.1, 0.15) is 23.2 Å². The molecule has 0 spiro atoms. The Morgan fingerprint density at radius 2 is 2.19 bits per heavy atom. The largest absolute Gasteiger partial charge is 0.506 e. The van der Waals surface area contributed by atoms with Gasteiger partial charge in [-0.25, -0.2) is 8.78 Å². The Hall–Kier alpha value is -1.24. The monoisotopic (exact) mass is 295 g/mol. The quantitative estimate of drug-likeness (QED) is 0.836. The van der Waals surface area contributed by atoms with Gasteiger partial charge < -0.3 is 10.2 Å². The van der Waals surface area contributed by atoms with Crippen LogP contribution in [0.5, 0.6) is 5.75 Å². The molecule has 0 fully saturated rings. The number of alkyl halides is 3. The zero-order chi connectivity index (χ0) is 12.3. The number of pyridine rings is 1. The molecule has 0 amide bonds. The summed E-state index contributed by atoms with van der Waals surface area (Å²) >= 11 is 2.96. The summed E-state index contributed by atoms with van der Waals surface area (Å²) < 4.78 is 25.0. The van der Waals surface area contributed by atoms with E-state index in [1.165, 1.54) is 0 Å². The van der Waals surface area contributed by atoms with Gasteiger partial charge in [-0.05, 0) is 0 Å². The lowest BCUT2D eigenvalue weighted by molar-refractivity contribution is -0.136. The summed E-state index contributed by atoms with van der Waals surface area (Å²) in [6.45, 7) is 0. The standard InChI is InChI=1S/C9H8BrF2NO3/c10-2-4-5(9(11)12)3-13-6(8(4)16)1-7(14)15/h3,9,16H,1-2H2,(H,14,15). The van der Waals surface area contributed by atoms with Crippen molar-refractivity contribution in [1.82, 2.24) is 4.98 Å². The van der Waals surface area contributed by atoms with E-state index in [9.17, 15) is 18.7 Å². The Kier molecular flexibility index (Phi) is 4.17. The summed E-state index contributed by atoms with van der Waals surface area (Å²) in [5.41, 5.74) is -0.545. The summed E-state index contributed by atoms with van der Waals surface area (Å²) in [5.74, 6) is -1.68. The molecular formula is C9H8BrF2NO3. The van der Waals surface area contributed by atoms with Gasteiger partial charge in [0.15, 0.2) is 0 Å². The minimum Gasteiger partial charge on any atom is -0.506 e. The molecule has 1 rings (SSSR count). The lowest BCUT2D eigenvalue weighted by atomic mass is 10.1. The number of aromatic nitrogens is 1. The Bertz CT molecular complexity index is 412. The number of rotatable bonds is 4. The SMILES string of the molecule is O=C(O)Cc1ncc(C(F)F)c(CBr)c1O. The average Bonchev–Trinajstić information content (AvgIpc) is 2.19. The smallest absolute Gasteiger partial charge is 0.309 e. The number of halogens is 3. The Balaban J connectivity index is 3.23. The number of hydrogen-bond donors (Lipinski definition) is 2. The summed E-state index contributed by atoms with van der Waals surface area (Å²) in [5, 5.41) is 18.1. The summed E-state index contributed by atoms with van der Waals surface area (Å²) in [4.78, 5) is 13.9. The molecule has 88 valence electrons. The molecule has 0 radical (unpaired) electrons. The van der Waals surface area contributed by atoms with E-state index in [0.29, 0.717) is 0 Å². The minimum absolute atomic E-state index is 0.00759. The highest BCUT2D eigenvalue weighted by Gasteiger charge is 2.20. The van der Waals surface area contributed by atoms with Crippen molar-refractivity contribution >= 4 is 21.9 Å². The molecule has 0 unspecified atom stereocenters. The van der Waals surface area contributed by atoms with Crippen LogP contribution in [0.15, 0.2) is 6.20 Å². The predicted molar refractivity (Wildman–Crippen MR) is 54.8 cm³/mol. The molecule has 0 atom stereocenters. The molecular weight excluding hydrogens is 288 g/mol. The van der Waals surface area contributed by atoms with Gasteiger partial charge in [0.05, 0.1) is 12.1 Å². The minimum atomic E-state index is -2.76. The van der Waals surface area contributed by atoms with E-state index in [2.05, 4.69) is 20.9 Å². The highest BCUT2D eigenvalue weighted by atomic mass is 79.9. The molecule has 0 aliphatic carbocycles. The van der Waals surface area contributed by atoms with Crippen LogP contribution in [0.2, 0.25) is 0 Å². The van der Waals surface area contributed by atoms with E-state index in [-0.39, 0.29) is 16.6 Å². The predicted octanol–water partition coefficient (Wildman–Crippen LogP) is 2.25. The summed E-state index contributed by atoms with van der Waals surface area (Å²) in [6.07, 6.45) is -2.38. The van der Waals surface area contributed by atoms with E-state index >= 15 is 0 Å². The van der Waals surface area contributed by atoms with Crippen molar-refractivity contribution in [3.05, 3.63) is 23.0 Å². The topological polar surface area (TPSA) is 70.4 Å². The fourth-order valence-electron chi connectivity index (χ4n) is 1.20. The number of hydrogen-bond acceptors (Lipinski definition) is 3. The van der Waals surface area contributed by atoms with Gasteiger partial charge in [0.2, 0.25) is 0 Å². The van der Waals surface area contributed by atoms with Crippen LogP contribution in [0, 0.1) is 0 Å². The fraction of sp³-hybridized carbons (Fsp3) is 0.333. The highest BCUT2D eigenvalue weighted by molar-refractivity contribution is 9.08. The molecule has 1 aromatic rings. The van der Waals surface area contributed by atoms with Crippen molar-refractivity contribution in [3.8, 4) is 5.75 Å². The van der Waals surface area contributed by atoms with Gasteiger partial charge in [-0.2, -0.15) is 0 Å². The second-order valence-corrected chi connectivity index (χ2v) is 3.55. The molecule has 0 bridgehead atoms. The van der Waals surface area contributed by atoms with E-state index in [1.54, 1.807) is 0 Å². The van der Waals surface area contributed by atoms with Gasteiger partial charge in [0.25, 0.3) is 6.43 Å². The molecule has 0 saturated carbocycles. The zero-order valence-corrected chi connectivity index (χ0v) is 9.54. The van der Waals surface area contributed by atoms with E-state index in [1.807, 2.05) is 0 Å². The molecule has 7 heteroatoms. The molecule has 0 aliphatic rings. The summed E-state index contributed by atoms with van der Waals surface area (Å²) in [7, 11) is 0. The van der Waals surface area contributed by atoms with Crippen LogP contribution in [-0.4, -0.2) is 21.2 Å². The third-order valence-electron chi connectivity index (χ3n) is 1.95. The number of aliphatic carboxylic acids is 1. The van der Waals surface area contributed by atoms with Gasteiger partial charge in [-0.1, -0.05) is 15.9 Å². The Labute approximate surface area is 98.1 Å². The second kappa shape index (κ2) is 5.20. The third kappa shape index (κ3) is 2.66. The second-order valence-electron chi connectivity index (χ2n) is 2.99. The number of carboxylic acids is 1. The van der Waals surface area contributed by atoms with E-state index in [0.717, 1.165) is 6.20 Å². The maximum absolute atomic E-state index is 12.5. The van der Waals surface area contributed by atoms with Crippen LogP contribution >= 0.6 is 15.9 Å². The number of carboxylic acid groups (broad SMARTS) is 1. The van der Waals surface area contributed by atoms with Crippen LogP contribution < -0.4 is 0 Å². The van der Waals surface area contributed by atoms with Crippen molar-refractivity contribution in [2.75, 3.05) is 0 Å². The Morgan fingerprint density at radius 3 is 2.62 bits per heavy atom. The number of aromatic hydroxyl groups is 1. The lowest BCUT2D eigenvalue weighted by Crippen LogP contribution is -2.05. The molecule has 1 heterocycles. The van der Waals surface area contributed by atoms with E-state index < -0.39 is 30.1 Å². The first-order valence-corrected chi connectivity index (χ1v) is 5.35.